The number of carbonyl (C=O) groups is 1. The van der Waals surface area contributed by atoms with Crippen LogP contribution in [0.25, 0.3) is 10.4 Å². The highest BCUT2D eigenvalue weighted by atomic mass is 35.5. The molecular weight excluding hydrogens is 435 g/mol. The molecule has 0 saturated heterocycles. The number of thiophene rings is 1. The first-order valence-electron chi connectivity index (χ1n) is 8.29. The van der Waals surface area contributed by atoms with Crippen LogP contribution in [0.1, 0.15) is 22.8 Å². The molecule has 1 amide bonds. The Labute approximate surface area is 181 Å². The van der Waals surface area contributed by atoms with Crippen LogP contribution in [0.4, 0.5) is 0 Å². The standard InChI is InChI=1S/C20H16Cl2N2O4S/c1-10(23-24-20(27)12-4-6-16(25)17(8-12)28-2)13-9-29-19(18(13)26)11-3-5-14(21)15(22)7-11/h3-9,25-26H,1-2H3,(H,24,27). The van der Waals surface area contributed by atoms with Gasteiger partial charge in [0.1, 0.15) is 5.75 Å². The molecule has 0 bridgehead atoms. The minimum absolute atomic E-state index is 0.0372. The highest BCUT2D eigenvalue weighted by molar-refractivity contribution is 7.14. The third kappa shape index (κ3) is 4.48. The number of methoxy groups -OCH3 is 1. The molecule has 0 aliphatic rings. The molecule has 3 rings (SSSR count). The molecular formula is C20H16Cl2N2O4S. The zero-order valence-corrected chi connectivity index (χ0v) is 17.7. The first-order chi connectivity index (χ1) is 13.8. The Morgan fingerprint density at radius 3 is 2.59 bits per heavy atom. The summed E-state index contributed by atoms with van der Waals surface area (Å²) in [5.41, 5.74) is 4.32. The number of carbonyl (C=O) groups excluding carboxylic acids is 1. The van der Waals surface area contributed by atoms with Crippen molar-refractivity contribution in [3.8, 4) is 27.7 Å². The zero-order chi connectivity index (χ0) is 21.1. The number of ether oxygens (including phenoxy) is 1. The summed E-state index contributed by atoms with van der Waals surface area (Å²) in [4.78, 5) is 12.9. The maximum absolute atomic E-state index is 12.3. The summed E-state index contributed by atoms with van der Waals surface area (Å²) in [5, 5.41) is 26.8. The molecule has 3 N–H and O–H groups in total. The quantitative estimate of drug-likeness (QED) is 0.363. The van der Waals surface area contributed by atoms with E-state index >= 15 is 0 Å². The minimum atomic E-state index is -0.484. The van der Waals surface area contributed by atoms with Crippen molar-refractivity contribution < 1.29 is 19.7 Å². The third-order valence-corrected chi connectivity index (χ3v) is 5.86. The van der Waals surface area contributed by atoms with Gasteiger partial charge in [-0.3, -0.25) is 4.79 Å². The topological polar surface area (TPSA) is 91.2 Å². The molecule has 0 atom stereocenters. The normalized spacial score (nSPS) is 11.4. The number of hydrazone groups is 1. The molecule has 150 valence electrons. The van der Waals surface area contributed by atoms with E-state index in [4.69, 9.17) is 27.9 Å². The molecule has 0 radical (unpaired) electrons. The predicted molar refractivity (Wildman–Crippen MR) is 116 cm³/mol. The first-order valence-corrected chi connectivity index (χ1v) is 9.93. The lowest BCUT2D eigenvalue weighted by molar-refractivity contribution is 0.0954. The van der Waals surface area contributed by atoms with Gasteiger partial charge in [0, 0.05) is 10.9 Å². The van der Waals surface area contributed by atoms with Crippen LogP contribution in [0.3, 0.4) is 0 Å². The fourth-order valence-electron chi connectivity index (χ4n) is 2.53. The fraction of sp³-hybridized carbons (Fsp3) is 0.100. The van der Waals surface area contributed by atoms with Gasteiger partial charge >= 0.3 is 0 Å². The molecule has 1 heterocycles. The maximum atomic E-state index is 12.3. The van der Waals surface area contributed by atoms with Gasteiger partial charge in [-0.1, -0.05) is 29.3 Å². The van der Waals surface area contributed by atoms with Gasteiger partial charge in [-0.25, -0.2) is 5.43 Å². The number of nitrogens with zero attached hydrogens (tertiary/aromatic N) is 1. The molecule has 29 heavy (non-hydrogen) atoms. The zero-order valence-electron chi connectivity index (χ0n) is 15.4. The molecule has 3 aromatic rings. The van der Waals surface area contributed by atoms with Gasteiger partial charge in [0.2, 0.25) is 0 Å². The Balaban J connectivity index is 1.81. The van der Waals surface area contributed by atoms with Crippen molar-refractivity contribution in [2.45, 2.75) is 6.92 Å². The van der Waals surface area contributed by atoms with Crippen molar-refractivity contribution in [3.63, 3.8) is 0 Å². The van der Waals surface area contributed by atoms with E-state index in [0.717, 1.165) is 5.56 Å². The number of halogens is 2. The number of nitrogens with one attached hydrogen (secondary N) is 1. The smallest absolute Gasteiger partial charge is 0.271 e. The second-order valence-corrected chi connectivity index (χ2v) is 7.67. The summed E-state index contributed by atoms with van der Waals surface area (Å²) >= 11 is 13.3. The summed E-state index contributed by atoms with van der Waals surface area (Å²) in [6.07, 6.45) is 0. The number of phenolic OH excluding ortho intramolecular Hbond substituents is 1. The molecule has 0 spiro atoms. The average Bonchev–Trinajstić information content (AvgIpc) is 3.09. The monoisotopic (exact) mass is 450 g/mol. The van der Waals surface area contributed by atoms with Crippen LogP contribution in [0.2, 0.25) is 10.0 Å². The fourth-order valence-corrected chi connectivity index (χ4v) is 3.83. The number of benzene rings is 2. The molecule has 6 nitrogen and oxygen atoms in total. The number of amides is 1. The van der Waals surface area contributed by atoms with Crippen molar-refractivity contribution in [1.82, 2.24) is 5.43 Å². The van der Waals surface area contributed by atoms with Gasteiger partial charge in [0.05, 0.1) is 33.3 Å². The van der Waals surface area contributed by atoms with Crippen LogP contribution in [0.5, 0.6) is 17.2 Å². The lowest BCUT2D eigenvalue weighted by Crippen LogP contribution is -2.19. The van der Waals surface area contributed by atoms with Gasteiger partial charge in [0.15, 0.2) is 11.5 Å². The molecule has 0 aliphatic carbocycles. The molecule has 0 aliphatic heterocycles. The summed E-state index contributed by atoms with van der Waals surface area (Å²) < 4.78 is 4.99. The van der Waals surface area contributed by atoms with Gasteiger partial charge in [-0.15, -0.1) is 11.3 Å². The van der Waals surface area contributed by atoms with E-state index in [1.165, 1.54) is 36.6 Å². The Hall–Kier alpha value is -2.74. The highest BCUT2D eigenvalue weighted by Crippen LogP contribution is 2.40. The summed E-state index contributed by atoms with van der Waals surface area (Å²) in [5.74, 6) is -0.334. The van der Waals surface area contributed by atoms with Crippen LogP contribution in [-0.2, 0) is 0 Å². The van der Waals surface area contributed by atoms with E-state index < -0.39 is 5.91 Å². The molecule has 0 saturated carbocycles. The van der Waals surface area contributed by atoms with Crippen LogP contribution in [0, 0.1) is 0 Å². The number of hydrogen-bond donors (Lipinski definition) is 3. The summed E-state index contributed by atoms with van der Waals surface area (Å²) in [6.45, 7) is 1.66. The molecule has 1 aromatic heterocycles. The van der Waals surface area contributed by atoms with E-state index in [1.807, 2.05) is 0 Å². The minimum Gasteiger partial charge on any atom is -0.506 e. The number of hydrogen-bond acceptors (Lipinski definition) is 6. The van der Waals surface area contributed by atoms with Gasteiger partial charge in [-0.05, 0) is 42.8 Å². The van der Waals surface area contributed by atoms with Gasteiger partial charge in [0.25, 0.3) is 5.91 Å². The lowest BCUT2D eigenvalue weighted by Gasteiger charge is -2.06. The highest BCUT2D eigenvalue weighted by Gasteiger charge is 2.16. The largest absolute Gasteiger partial charge is 0.506 e. The first kappa shape index (κ1) is 21.0. The molecule has 2 aromatic carbocycles. The maximum Gasteiger partial charge on any atom is 0.271 e. The van der Waals surface area contributed by atoms with E-state index in [2.05, 4.69) is 10.5 Å². The van der Waals surface area contributed by atoms with Crippen molar-refractivity contribution >= 4 is 46.2 Å². The number of phenols is 1. The van der Waals surface area contributed by atoms with Crippen LogP contribution < -0.4 is 10.2 Å². The molecule has 0 unspecified atom stereocenters. The Kier molecular flexibility index (Phi) is 6.32. The lowest BCUT2D eigenvalue weighted by atomic mass is 10.1. The summed E-state index contributed by atoms with van der Waals surface area (Å²) in [7, 11) is 1.39. The van der Waals surface area contributed by atoms with E-state index in [0.29, 0.717) is 26.2 Å². The van der Waals surface area contributed by atoms with Crippen LogP contribution in [-0.4, -0.2) is 28.9 Å². The SMILES string of the molecule is COc1cc(C(=O)NN=C(C)c2csc(-c3ccc(Cl)c(Cl)c3)c2O)ccc1O. The Morgan fingerprint density at radius 2 is 1.90 bits per heavy atom. The van der Waals surface area contributed by atoms with Crippen molar-refractivity contribution in [2.75, 3.05) is 7.11 Å². The average molecular weight is 451 g/mol. The van der Waals surface area contributed by atoms with Crippen molar-refractivity contribution in [1.29, 1.82) is 0 Å². The van der Waals surface area contributed by atoms with Crippen LogP contribution in [0.15, 0.2) is 46.9 Å². The Morgan fingerprint density at radius 1 is 1.14 bits per heavy atom. The van der Waals surface area contributed by atoms with Gasteiger partial charge in [-0.2, -0.15) is 5.10 Å². The predicted octanol–water partition coefficient (Wildman–Crippen LogP) is 5.30. The Bertz CT molecular complexity index is 1110. The molecule has 9 heteroatoms. The van der Waals surface area contributed by atoms with E-state index in [9.17, 15) is 15.0 Å². The van der Waals surface area contributed by atoms with E-state index in [-0.39, 0.29) is 22.8 Å². The number of aromatic hydroxyl groups is 2. The van der Waals surface area contributed by atoms with Crippen LogP contribution >= 0.6 is 34.5 Å². The second-order valence-electron chi connectivity index (χ2n) is 5.98. The van der Waals surface area contributed by atoms with E-state index in [1.54, 1.807) is 30.5 Å². The van der Waals surface area contributed by atoms with Gasteiger partial charge < -0.3 is 14.9 Å². The number of rotatable bonds is 5. The second kappa shape index (κ2) is 8.73. The summed E-state index contributed by atoms with van der Waals surface area (Å²) in [6, 6.07) is 9.30. The van der Waals surface area contributed by atoms with Crippen molar-refractivity contribution in [3.05, 3.63) is 63.0 Å². The van der Waals surface area contributed by atoms with Crippen molar-refractivity contribution in [2.24, 2.45) is 5.10 Å². The molecule has 0 fully saturated rings. The third-order valence-electron chi connectivity index (χ3n) is 4.10.